The molecule has 0 spiro atoms. The molecule has 0 saturated carbocycles. The van der Waals surface area contributed by atoms with E-state index in [4.69, 9.17) is 11.6 Å². The maximum atomic E-state index is 11.5. The Bertz CT molecular complexity index is 641. The van der Waals surface area contributed by atoms with E-state index in [1.165, 1.54) is 4.68 Å². The number of nitrogens with zero attached hydrogens (tertiary/aromatic N) is 6. The Hall–Kier alpha value is -2.75. The minimum absolute atomic E-state index is 0.195. The van der Waals surface area contributed by atoms with E-state index >= 15 is 0 Å². The minimum atomic E-state index is -0.413. The molecular formula is C11H15N9O. The van der Waals surface area contributed by atoms with Gasteiger partial charge in [-0.25, -0.2) is 10.5 Å². The van der Waals surface area contributed by atoms with Crippen molar-refractivity contribution in [3.05, 3.63) is 18.5 Å². The molecule has 5 N–H and O–H groups in total. The third-order valence-corrected chi connectivity index (χ3v) is 3.29. The number of amides is 1. The first-order chi connectivity index (χ1) is 10.2. The molecule has 0 bridgehead atoms. The lowest BCUT2D eigenvalue weighted by Crippen LogP contribution is -2.41. The van der Waals surface area contributed by atoms with Crippen LogP contribution >= 0.6 is 0 Å². The van der Waals surface area contributed by atoms with Gasteiger partial charge in [-0.15, -0.1) is 0 Å². The maximum absolute atomic E-state index is 11.5. The monoisotopic (exact) mass is 289 g/mol. The highest BCUT2D eigenvalue weighted by Crippen LogP contribution is 2.23. The van der Waals surface area contributed by atoms with Gasteiger partial charge in [0, 0.05) is 18.9 Å². The van der Waals surface area contributed by atoms with Crippen molar-refractivity contribution in [1.82, 2.24) is 24.7 Å². The Kier molecular flexibility index (Phi) is 3.36. The van der Waals surface area contributed by atoms with Crippen LogP contribution in [0.5, 0.6) is 0 Å². The Balaban J connectivity index is 2.02. The molecule has 1 aliphatic rings. The van der Waals surface area contributed by atoms with Crippen LogP contribution in [0.3, 0.4) is 0 Å². The SMILES string of the molecule is NNc1nc(N2CCCC2C(N)=O)nc(-n2cccn2)n1. The zero-order chi connectivity index (χ0) is 14.8. The number of hydrogen-bond donors (Lipinski definition) is 3. The smallest absolute Gasteiger partial charge is 0.257 e. The predicted octanol–water partition coefficient (Wildman–Crippen LogP) is -1.20. The maximum Gasteiger partial charge on any atom is 0.257 e. The molecule has 3 heterocycles. The van der Waals surface area contributed by atoms with E-state index in [1.54, 1.807) is 23.4 Å². The summed E-state index contributed by atoms with van der Waals surface area (Å²) in [5.41, 5.74) is 7.81. The molecule has 1 fully saturated rings. The number of anilines is 2. The Morgan fingerprint density at radius 2 is 2.14 bits per heavy atom. The highest BCUT2D eigenvalue weighted by Gasteiger charge is 2.31. The Morgan fingerprint density at radius 3 is 2.81 bits per heavy atom. The van der Waals surface area contributed by atoms with Crippen molar-refractivity contribution >= 4 is 17.8 Å². The number of carbonyl (C=O) groups excluding carboxylic acids is 1. The van der Waals surface area contributed by atoms with Crippen LogP contribution in [0.4, 0.5) is 11.9 Å². The summed E-state index contributed by atoms with van der Waals surface area (Å²) >= 11 is 0. The van der Waals surface area contributed by atoms with Crippen molar-refractivity contribution in [3.63, 3.8) is 0 Å². The molecule has 2 aromatic heterocycles. The first-order valence-corrected chi connectivity index (χ1v) is 6.47. The van der Waals surface area contributed by atoms with Crippen LogP contribution < -0.4 is 21.9 Å². The lowest BCUT2D eigenvalue weighted by molar-refractivity contribution is -0.119. The highest BCUT2D eigenvalue weighted by molar-refractivity contribution is 5.83. The number of primary amides is 1. The topological polar surface area (TPSA) is 141 Å². The molecule has 10 nitrogen and oxygen atoms in total. The number of nitrogens with two attached hydrogens (primary N) is 2. The Labute approximate surface area is 120 Å². The van der Waals surface area contributed by atoms with Gasteiger partial charge < -0.3 is 10.6 Å². The zero-order valence-corrected chi connectivity index (χ0v) is 11.2. The molecule has 1 saturated heterocycles. The summed E-state index contributed by atoms with van der Waals surface area (Å²) in [6, 6.07) is 1.34. The lowest BCUT2D eigenvalue weighted by atomic mass is 10.2. The second kappa shape index (κ2) is 5.32. The van der Waals surface area contributed by atoms with E-state index in [0.717, 1.165) is 6.42 Å². The molecular weight excluding hydrogens is 274 g/mol. The van der Waals surface area contributed by atoms with Gasteiger partial charge in [-0.2, -0.15) is 20.1 Å². The van der Waals surface area contributed by atoms with Gasteiger partial charge in [-0.3, -0.25) is 10.2 Å². The van der Waals surface area contributed by atoms with Crippen LogP contribution in [-0.2, 0) is 4.79 Å². The van der Waals surface area contributed by atoms with E-state index in [-0.39, 0.29) is 5.95 Å². The van der Waals surface area contributed by atoms with Crippen LogP contribution in [0.2, 0.25) is 0 Å². The Morgan fingerprint density at radius 1 is 1.33 bits per heavy atom. The molecule has 3 rings (SSSR count). The minimum Gasteiger partial charge on any atom is -0.368 e. The number of hydrogen-bond acceptors (Lipinski definition) is 8. The van der Waals surface area contributed by atoms with Gasteiger partial charge >= 0.3 is 0 Å². The zero-order valence-electron chi connectivity index (χ0n) is 11.2. The van der Waals surface area contributed by atoms with Crippen LogP contribution in [0.25, 0.3) is 5.95 Å². The van der Waals surface area contributed by atoms with Crippen molar-refractivity contribution in [1.29, 1.82) is 0 Å². The molecule has 1 aliphatic heterocycles. The van der Waals surface area contributed by atoms with Crippen LogP contribution in [-0.4, -0.2) is 43.2 Å². The third kappa shape index (κ3) is 2.48. The first kappa shape index (κ1) is 13.2. The van der Waals surface area contributed by atoms with E-state index < -0.39 is 11.9 Å². The molecule has 1 atom stereocenters. The summed E-state index contributed by atoms with van der Waals surface area (Å²) < 4.78 is 1.49. The van der Waals surface area contributed by atoms with Gasteiger partial charge in [0.15, 0.2) is 0 Å². The molecule has 10 heteroatoms. The number of aromatic nitrogens is 5. The summed E-state index contributed by atoms with van der Waals surface area (Å²) in [6.45, 7) is 0.653. The molecule has 1 amide bonds. The second-order valence-corrected chi connectivity index (χ2v) is 4.61. The summed E-state index contributed by atoms with van der Waals surface area (Å²) in [6.07, 6.45) is 4.85. The molecule has 1 unspecified atom stereocenters. The number of nitrogens with one attached hydrogen (secondary N) is 1. The summed E-state index contributed by atoms with van der Waals surface area (Å²) in [4.78, 5) is 25.9. The summed E-state index contributed by atoms with van der Waals surface area (Å²) in [5, 5.41) is 4.07. The van der Waals surface area contributed by atoms with Gasteiger partial charge in [-0.1, -0.05) is 0 Å². The van der Waals surface area contributed by atoms with Gasteiger partial charge in [0.2, 0.25) is 17.8 Å². The number of nitrogen functional groups attached to an aromatic ring is 1. The van der Waals surface area contributed by atoms with E-state index in [0.29, 0.717) is 24.9 Å². The van der Waals surface area contributed by atoms with Crippen molar-refractivity contribution in [2.75, 3.05) is 16.9 Å². The molecule has 2 aromatic rings. The normalized spacial score (nSPS) is 18.0. The largest absolute Gasteiger partial charge is 0.368 e. The number of rotatable bonds is 4. The summed E-state index contributed by atoms with van der Waals surface area (Å²) in [7, 11) is 0. The van der Waals surface area contributed by atoms with Crippen molar-refractivity contribution in [2.45, 2.75) is 18.9 Å². The standard InChI is InChI=1S/C11H15N9O/c12-8(21)7-3-1-5-19(7)10-15-9(18-13)16-11(17-10)20-6-2-4-14-20/h2,4,6-7H,1,3,5,13H2,(H2,12,21)(H,15,16,17,18). The predicted molar refractivity (Wildman–Crippen MR) is 74.3 cm³/mol. The van der Waals surface area contributed by atoms with E-state index in [2.05, 4.69) is 25.5 Å². The average Bonchev–Trinajstić information content (AvgIpc) is 3.17. The molecule has 0 aliphatic carbocycles. The third-order valence-electron chi connectivity index (χ3n) is 3.29. The van der Waals surface area contributed by atoms with Gasteiger partial charge in [0.25, 0.3) is 5.95 Å². The first-order valence-electron chi connectivity index (χ1n) is 6.47. The molecule has 0 radical (unpaired) electrons. The quantitative estimate of drug-likeness (QED) is 0.470. The van der Waals surface area contributed by atoms with E-state index in [9.17, 15) is 4.79 Å². The van der Waals surface area contributed by atoms with Crippen molar-refractivity contribution < 1.29 is 4.79 Å². The van der Waals surface area contributed by atoms with E-state index in [1.807, 2.05) is 0 Å². The van der Waals surface area contributed by atoms with Gasteiger partial charge in [0.1, 0.15) is 6.04 Å². The fraction of sp³-hybridized carbons (Fsp3) is 0.364. The van der Waals surface area contributed by atoms with Crippen LogP contribution in [0, 0.1) is 0 Å². The van der Waals surface area contributed by atoms with Gasteiger partial charge in [0.05, 0.1) is 0 Å². The van der Waals surface area contributed by atoms with Gasteiger partial charge in [-0.05, 0) is 18.9 Å². The fourth-order valence-electron chi connectivity index (χ4n) is 2.34. The average molecular weight is 289 g/mol. The fourth-order valence-corrected chi connectivity index (χ4v) is 2.34. The number of carbonyl (C=O) groups is 1. The number of hydrazine groups is 1. The van der Waals surface area contributed by atoms with Crippen LogP contribution in [0.1, 0.15) is 12.8 Å². The highest BCUT2D eigenvalue weighted by atomic mass is 16.1. The van der Waals surface area contributed by atoms with Crippen molar-refractivity contribution in [3.8, 4) is 5.95 Å². The molecule has 110 valence electrons. The second-order valence-electron chi connectivity index (χ2n) is 4.61. The van der Waals surface area contributed by atoms with Crippen molar-refractivity contribution in [2.24, 2.45) is 11.6 Å². The lowest BCUT2D eigenvalue weighted by Gasteiger charge is -2.22. The molecule has 0 aromatic carbocycles. The molecule has 21 heavy (non-hydrogen) atoms. The summed E-state index contributed by atoms with van der Waals surface area (Å²) in [5.74, 6) is 5.86. The van der Waals surface area contributed by atoms with Crippen LogP contribution in [0.15, 0.2) is 18.5 Å².